The van der Waals surface area contributed by atoms with Gasteiger partial charge in [0.2, 0.25) is 0 Å². The fourth-order valence-electron chi connectivity index (χ4n) is 2.02. The molecule has 0 fully saturated rings. The first kappa shape index (κ1) is 14.7. The van der Waals surface area contributed by atoms with E-state index < -0.39 is 0 Å². The van der Waals surface area contributed by atoms with E-state index in [1.807, 2.05) is 18.2 Å². The molecule has 20 heavy (non-hydrogen) atoms. The average molecular weight is 293 g/mol. The molecule has 5 nitrogen and oxygen atoms in total. The number of rotatable bonds is 7. The largest absolute Gasteiger partial charge is 0.497 e. The van der Waals surface area contributed by atoms with E-state index in [9.17, 15) is 0 Å². The monoisotopic (exact) mass is 293 g/mol. The fraction of sp³-hybridized carbons (Fsp3) is 0.429. The Labute approximate surface area is 123 Å². The summed E-state index contributed by atoms with van der Waals surface area (Å²) in [5.74, 6) is 1.63. The molecule has 0 bridgehead atoms. The van der Waals surface area contributed by atoms with E-state index in [4.69, 9.17) is 9.47 Å². The first-order valence-corrected chi connectivity index (χ1v) is 7.30. The number of ether oxygens (including phenoxy) is 2. The molecule has 0 aliphatic heterocycles. The Balaban J connectivity index is 2.41. The predicted molar refractivity (Wildman–Crippen MR) is 79.6 cm³/mol. The summed E-state index contributed by atoms with van der Waals surface area (Å²) in [5, 5.41) is 7.44. The number of nitrogens with one attached hydrogen (secondary N) is 1. The highest BCUT2D eigenvalue weighted by molar-refractivity contribution is 7.05. The van der Waals surface area contributed by atoms with Crippen LogP contribution in [-0.2, 0) is 0 Å². The van der Waals surface area contributed by atoms with E-state index in [-0.39, 0.29) is 6.04 Å². The van der Waals surface area contributed by atoms with Crippen molar-refractivity contribution in [2.24, 2.45) is 0 Å². The Hall–Kier alpha value is -1.66. The van der Waals surface area contributed by atoms with Gasteiger partial charge in [0.05, 0.1) is 31.3 Å². The topological polar surface area (TPSA) is 56.3 Å². The van der Waals surface area contributed by atoms with E-state index in [0.717, 1.165) is 34.9 Å². The molecule has 0 aliphatic rings. The normalized spacial score (nSPS) is 12.2. The van der Waals surface area contributed by atoms with Gasteiger partial charge in [0.1, 0.15) is 11.5 Å². The van der Waals surface area contributed by atoms with Gasteiger partial charge in [-0.1, -0.05) is 11.4 Å². The highest BCUT2D eigenvalue weighted by Gasteiger charge is 2.20. The number of benzene rings is 1. The molecule has 0 amide bonds. The van der Waals surface area contributed by atoms with Crippen LogP contribution in [0.15, 0.2) is 24.4 Å². The van der Waals surface area contributed by atoms with Crippen LogP contribution in [-0.4, -0.2) is 30.4 Å². The summed E-state index contributed by atoms with van der Waals surface area (Å²) in [7, 11) is 3.33. The van der Waals surface area contributed by atoms with Gasteiger partial charge >= 0.3 is 0 Å². The van der Waals surface area contributed by atoms with E-state index in [2.05, 4.69) is 21.8 Å². The van der Waals surface area contributed by atoms with Gasteiger partial charge in [-0.25, -0.2) is 0 Å². The fourth-order valence-corrected chi connectivity index (χ4v) is 2.62. The summed E-state index contributed by atoms with van der Waals surface area (Å²) < 4.78 is 14.7. The molecule has 0 saturated carbocycles. The van der Waals surface area contributed by atoms with Crippen molar-refractivity contribution in [1.29, 1.82) is 0 Å². The lowest BCUT2D eigenvalue weighted by Crippen LogP contribution is -2.23. The van der Waals surface area contributed by atoms with Crippen molar-refractivity contribution >= 4 is 11.5 Å². The minimum absolute atomic E-state index is 0.0139. The van der Waals surface area contributed by atoms with Crippen LogP contribution in [0.2, 0.25) is 0 Å². The quantitative estimate of drug-likeness (QED) is 0.850. The maximum atomic E-state index is 5.47. The maximum absolute atomic E-state index is 5.47. The van der Waals surface area contributed by atoms with Gasteiger partial charge in [-0.15, -0.1) is 5.10 Å². The molecular weight excluding hydrogens is 274 g/mol. The lowest BCUT2D eigenvalue weighted by molar-refractivity contribution is 0.394. The lowest BCUT2D eigenvalue weighted by atomic mass is 10.0. The van der Waals surface area contributed by atoms with Crippen molar-refractivity contribution in [2.45, 2.75) is 19.4 Å². The minimum Gasteiger partial charge on any atom is -0.497 e. The molecule has 0 spiro atoms. The molecule has 1 unspecified atom stereocenters. The summed E-state index contributed by atoms with van der Waals surface area (Å²) in [6, 6.07) is 5.82. The molecule has 0 saturated heterocycles. The van der Waals surface area contributed by atoms with Crippen molar-refractivity contribution < 1.29 is 9.47 Å². The molecule has 1 aromatic carbocycles. The van der Waals surface area contributed by atoms with Gasteiger partial charge in [-0.2, -0.15) is 0 Å². The minimum atomic E-state index is 0.0139. The molecule has 1 aromatic heterocycles. The van der Waals surface area contributed by atoms with Gasteiger partial charge in [-0.3, -0.25) is 0 Å². The molecule has 2 rings (SSSR count). The average Bonchev–Trinajstić information content (AvgIpc) is 3.01. The maximum Gasteiger partial charge on any atom is 0.124 e. The standard InChI is InChI=1S/C14H19N3O2S/c1-4-7-15-14(13-9-16-17-20-13)11-8-10(18-2)5-6-12(11)19-3/h5-6,8-9,14-15H,4,7H2,1-3H3. The van der Waals surface area contributed by atoms with Crippen LogP contribution >= 0.6 is 11.5 Å². The first-order chi connectivity index (χ1) is 9.80. The van der Waals surface area contributed by atoms with Crippen LogP contribution in [0.3, 0.4) is 0 Å². The second kappa shape index (κ2) is 7.21. The second-order valence-electron chi connectivity index (χ2n) is 4.31. The van der Waals surface area contributed by atoms with Gasteiger partial charge < -0.3 is 14.8 Å². The Morgan fingerprint density at radius 3 is 2.75 bits per heavy atom. The zero-order valence-electron chi connectivity index (χ0n) is 11.9. The number of methoxy groups -OCH3 is 2. The third-order valence-electron chi connectivity index (χ3n) is 3.01. The molecule has 0 radical (unpaired) electrons. The van der Waals surface area contributed by atoms with Crippen LogP contribution in [0, 0.1) is 0 Å². The smallest absolute Gasteiger partial charge is 0.124 e. The lowest BCUT2D eigenvalue weighted by Gasteiger charge is -2.20. The molecule has 1 N–H and O–H groups in total. The molecule has 0 aliphatic carbocycles. The zero-order chi connectivity index (χ0) is 14.4. The molecular formula is C14H19N3O2S. The van der Waals surface area contributed by atoms with E-state index in [1.165, 1.54) is 11.5 Å². The molecule has 108 valence electrons. The Morgan fingerprint density at radius 1 is 1.30 bits per heavy atom. The molecule has 1 heterocycles. The summed E-state index contributed by atoms with van der Waals surface area (Å²) in [4.78, 5) is 1.06. The van der Waals surface area contributed by atoms with Gasteiger partial charge in [0.25, 0.3) is 0 Å². The van der Waals surface area contributed by atoms with Gasteiger partial charge in [0, 0.05) is 5.56 Å². The van der Waals surface area contributed by atoms with E-state index >= 15 is 0 Å². The number of hydrogen-bond donors (Lipinski definition) is 1. The van der Waals surface area contributed by atoms with Crippen LogP contribution in [0.1, 0.15) is 29.8 Å². The second-order valence-corrected chi connectivity index (χ2v) is 5.13. The third kappa shape index (κ3) is 3.26. The Bertz CT molecular complexity index is 531. The predicted octanol–water partition coefficient (Wildman–Crippen LogP) is 2.64. The van der Waals surface area contributed by atoms with E-state index in [1.54, 1.807) is 20.4 Å². The van der Waals surface area contributed by atoms with Crippen LogP contribution in [0.5, 0.6) is 11.5 Å². The van der Waals surface area contributed by atoms with Crippen LogP contribution in [0.4, 0.5) is 0 Å². The Kier molecular flexibility index (Phi) is 5.31. The van der Waals surface area contributed by atoms with Gasteiger partial charge in [-0.05, 0) is 42.7 Å². The summed E-state index contributed by atoms with van der Waals surface area (Å²) in [6.45, 7) is 3.04. The zero-order valence-corrected chi connectivity index (χ0v) is 12.7. The first-order valence-electron chi connectivity index (χ1n) is 6.52. The summed E-state index contributed by atoms with van der Waals surface area (Å²) in [5.41, 5.74) is 1.03. The number of aromatic nitrogens is 2. The van der Waals surface area contributed by atoms with Crippen molar-refractivity contribution in [2.75, 3.05) is 20.8 Å². The van der Waals surface area contributed by atoms with Crippen LogP contribution in [0.25, 0.3) is 0 Å². The van der Waals surface area contributed by atoms with Crippen LogP contribution < -0.4 is 14.8 Å². The highest BCUT2D eigenvalue weighted by Crippen LogP contribution is 2.33. The molecule has 1 atom stereocenters. The number of hydrogen-bond acceptors (Lipinski definition) is 6. The van der Waals surface area contributed by atoms with Crippen molar-refractivity contribution in [3.05, 3.63) is 34.8 Å². The van der Waals surface area contributed by atoms with Crippen molar-refractivity contribution in [3.8, 4) is 11.5 Å². The van der Waals surface area contributed by atoms with Crippen molar-refractivity contribution in [1.82, 2.24) is 14.9 Å². The SMILES string of the molecule is CCCNC(c1cnns1)c1cc(OC)ccc1OC. The Morgan fingerprint density at radius 2 is 2.15 bits per heavy atom. The summed E-state index contributed by atoms with van der Waals surface area (Å²) in [6.07, 6.45) is 2.84. The van der Waals surface area contributed by atoms with Crippen molar-refractivity contribution in [3.63, 3.8) is 0 Å². The number of nitrogens with zero attached hydrogens (tertiary/aromatic N) is 2. The van der Waals surface area contributed by atoms with E-state index in [0.29, 0.717) is 0 Å². The summed E-state index contributed by atoms with van der Waals surface area (Å²) >= 11 is 1.39. The molecule has 6 heteroatoms. The molecule has 2 aromatic rings. The van der Waals surface area contributed by atoms with Gasteiger partial charge in [0.15, 0.2) is 0 Å². The third-order valence-corrected chi connectivity index (χ3v) is 3.74. The highest BCUT2D eigenvalue weighted by atomic mass is 32.1.